The van der Waals surface area contributed by atoms with Gasteiger partial charge in [-0.25, -0.2) is 0 Å². The number of ketones is 1. The second-order valence-electron chi connectivity index (χ2n) is 7.70. The van der Waals surface area contributed by atoms with Crippen LogP contribution in [0.3, 0.4) is 0 Å². The molecule has 1 fully saturated rings. The maximum atomic E-state index is 13.0. The Kier molecular flexibility index (Phi) is 7.82. The zero-order valence-electron chi connectivity index (χ0n) is 18.1. The third-order valence-electron chi connectivity index (χ3n) is 5.05. The zero-order chi connectivity index (χ0) is 23.4. The van der Waals surface area contributed by atoms with Gasteiger partial charge in [0.2, 0.25) is 0 Å². The Morgan fingerprint density at radius 3 is 2.38 bits per heavy atom. The lowest BCUT2D eigenvalue weighted by Crippen LogP contribution is -2.31. The molecule has 1 atom stereocenters. The molecule has 6 nitrogen and oxygen atoms in total. The lowest BCUT2D eigenvalue weighted by atomic mass is 9.95. The summed E-state index contributed by atoms with van der Waals surface area (Å²) in [6.07, 6.45) is 0.552. The molecular weight excluding hydrogens is 453 g/mol. The molecule has 1 heterocycles. The Bertz CT molecular complexity index is 1030. The largest absolute Gasteiger partial charge is 0.507 e. The number of hydrogen-bond acceptors (Lipinski definition) is 5. The van der Waals surface area contributed by atoms with Crippen molar-refractivity contribution in [2.45, 2.75) is 32.4 Å². The van der Waals surface area contributed by atoms with E-state index in [0.29, 0.717) is 41.5 Å². The Morgan fingerprint density at radius 2 is 1.78 bits per heavy atom. The number of methoxy groups -OCH3 is 1. The molecule has 0 aromatic heterocycles. The SMILES string of the molecule is COCCCN1C(=O)C(=O)/C(=C(\O)c2ccc(Cl)c(Cl)c2)C1c1ccc(OC(C)C)cc1. The number of likely N-dealkylation sites (tertiary alicyclic amines) is 1. The van der Waals surface area contributed by atoms with E-state index in [2.05, 4.69) is 0 Å². The minimum atomic E-state index is -0.755. The fourth-order valence-electron chi connectivity index (χ4n) is 3.64. The van der Waals surface area contributed by atoms with Crippen LogP contribution in [0, 0.1) is 0 Å². The summed E-state index contributed by atoms with van der Waals surface area (Å²) >= 11 is 12.1. The summed E-state index contributed by atoms with van der Waals surface area (Å²) in [6.45, 7) is 4.58. The number of aliphatic hydroxyl groups excluding tert-OH is 1. The van der Waals surface area contributed by atoms with E-state index in [1.165, 1.54) is 17.0 Å². The molecule has 1 aliphatic heterocycles. The number of carbonyl (C=O) groups excluding carboxylic acids is 2. The van der Waals surface area contributed by atoms with Crippen LogP contribution in [-0.4, -0.2) is 48.1 Å². The summed E-state index contributed by atoms with van der Waals surface area (Å²) in [5.74, 6) is -1.05. The van der Waals surface area contributed by atoms with E-state index in [1.807, 2.05) is 13.8 Å². The van der Waals surface area contributed by atoms with Crippen LogP contribution in [0.4, 0.5) is 0 Å². The molecule has 1 N–H and O–H groups in total. The van der Waals surface area contributed by atoms with Gasteiger partial charge >= 0.3 is 0 Å². The highest BCUT2D eigenvalue weighted by Crippen LogP contribution is 2.40. The first kappa shape index (κ1) is 24.1. The first-order valence-electron chi connectivity index (χ1n) is 10.2. The van der Waals surface area contributed by atoms with Crippen molar-refractivity contribution in [1.29, 1.82) is 0 Å². The minimum Gasteiger partial charge on any atom is -0.507 e. The average molecular weight is 478 g/mol. The lowest BCUT2D eigenvalue weighted by Gasteiger charge is -2.25. The smallest absolute Gasteiger partial charge is 0.295 e. The Hall–Kier alpha value is -2.54. The quantitative estimate of drug-likeness (QED) is 0.243. The van der Waals surface area contributed by atoms with Crippen LogP contribution in [0.5, 0.6) is 5.75 Å². The summed E-state index contributed by atoms with van der Waals surface area (Å²) in [5, 5.41) is 11.6. The topological polar surface area (TPSA) is 76.1 Å². The molecular formula is C24H25Cl2NO5. The molecule has 1 saturated heterocycles. The van der Waals surface area contributed by atoms with Gasteiger partial charge in [-0.3, -0.25) is 9.59 Å². The zero-order valence-corrected chi connectivity index (χ0v) is 19.6. The summed E-state index contributed by atoms with van der Waals surface area (Å²) in [5.41, 5.74) is 0.988. The maximum absolute atomic E-state index is 13.0. The second kappa shape index (κ2) is 10.4. The molecule has 2 aromatic carbocycles. The minimum absolute atomic E-state index is 0.00309. The first-order chi connectivity index (χ1) is 15.2. The van der Waals surface area contributed by atoms with Gasteiger partial charge in [0, 0.05) is 25.8 Å². The molecule has 1 aliphatic rings. The van der Waals surface area contributed by atoms with E-state index in [9.17, 15) is 14.7 Å². The highest BCUT2D eigenvalue weighted by molar-refractivity contribution is 6.46. The van der Waals surface area contributed by atoms with E-state index in [0.717, 1.165) is 0 Å². The van der Waals surface area contributed by atoms with Crippen molar-refractivity contribution in [3.8, 4) is 5.75 Å². The fraction of sp³-hybridized carbons (Fsp3) is 0.333. The lowest BCUT2D eigenvalue weighted by molar-refractivity contribution is -0.140. The maximum Gasteiger partial charge on any atom is 0.295 e. The molecule has 0 bridgehead atoms. The van der Waals surface area contributed by atoms with E-state index in [-0.39, 0.29) is 22.5 Å². The fourth-order valence-corrected chi connectivity index (χ4v) is 3.93. The number of Topliss-reactive ketones (excluding diaryl/α,β-unsaturated/α-hetero) is 1. The van der Waals surface area contributed by atoms with E-state index in [4.69, 9.17) is 32.7 Å². The molecule has 1 unspecified atom stereocenters. The van der Waals surface area contributed by atoms with Crippen LogP contribution < -0.4 is 4.74 Å². The van der Waals surface area contributed by atoms with Crippen LogP contribution in [0.1, 0.15) is 37.4 Å². The molecule has 0 saturated carbocycles. The number of halogens is 2. The summed E-state index contributed by atoms with van der Waals surface area (Å²) in [6, 6.07) is 10.9. The molecule has 0 spiro atoms. The van der Waals surface area contributed by atoms with Gasteiger partial charge < -0.3 is 19.5 Å². The Morgan fingerprint density at radius 1 is 1.09 bits per heavy atom. The molecule has 1 amide bonds. The van der Waals surface area contributed by atoms with Gasteiger partial charge in [0.1, 0.15) is 11.5 Å². The number of carbonyl (C=O) groups is 2. The summed E-state index contributed by atoms with van der Waals surface area (Å²) in [4.78, 5) is 27.3. The van der Waals surface area contributed by atoms with Crippen LogP contribution in [0.2, 0.25) is 10.0 Å². The highest BCUT2D eigenvalue weighted by Gasteiger charge is 2.45. The third-order valence-corrected chi connectivity index (χ3v) is 5.79. The predicted octanol–water partition coefficient (Wildman–Crippen LogP) is 5.24. The Labute approximate surface area is 197 Å². The number of ether oxygens (including phenoxy) is 2. The normalized spacial score (nSPS) is 17.9. The van der Waals surface area contributed by atoms with Crippen molar-refractivity contribution in [3.63, 3.8) is 0 Å². The average Bonchev–Trinajstić information content (AvgIpc) is 3.00. The van der Waals surface area contributed by atoms with E-state index in [1.54, 1.807) is 37.4 Å². The van der Waals surface area contributed by atoms with Gasteiger partial charge in [-0.05, 0) is 56.2 Å². The first-order valence-corrected chi connectivity index (χ1v) is 11.0. The standard InChI is InChI=1S/C24H25Cl2NO5/c1-14(2)32-17-8-5-15(6-9-17)21-20(22(28)16-7-10-18(25)19(26)13-16)23(29)24(30)27(21)11-4-12-31-3/h5-10,13-14,21,28H,4,11-12H2,1-3H3/b22-20-. The number of hydrogen-bond donors (Lipinski definition) is 1. The summed E-state index contributed by atoms with van der Waals surface area (Å²) in [7, 11) is 1.57. The predicted molar refractivity (Wildman–Crippen MR) is 124 cm³/mol. The van der Waals surface area contributed by atoms with Crippen molar-refractivity contribution in [2.24, 2.45) is 0 Å². The van der Waals surface area contributed by atoms with Crippen molar-refractivity contribution < 1.29 is 24.2 Å². The van der Waals surface area contributed by atoms with Gasteiger partial charge in [0.05, 0.1) is 27.8 Å². The van der Waals surface area contributed by atoms with Gasteiger partial charge in [-0.1, -0.05) is 35.3 Å². The van der Waals surface area contributed by atoms with Crippen LogP contribution in [0.15, 0.2) is 48.0 Å². The molecule has 32 heavy (non-hydrogen) atoms. The van der Waals surface area contributed by atoms with Gasteiger partial charge in [0.15, 0.2) is 0 Å². The highest BCUT2D eigenvalue weighted by atomic mass is 35.5. The van der Waals surface area contributed by atoms with Crippen LogP contribution in [0.25, 0.3) is 5.76 Å². The van der Waals surface area contributed by atoms with E-state index >= 15 is 0 Å². The second-order valence-corrected chi connectivity index (χ2v) is 8.52. The van der Waals surface area contributed by atoms with Crippen molar-refractivity contribution in [2.75, 3.05) is 20.3 Å². The van der Waals surface area contributed by atoms with Gasteiger partial charge in [0.25, 0.3) is 11.7 Å². The van der Waals surface area contributed by atoms with Crippen LogP contribution in [-0.2, 0) is 14.3 Å². The Balaban J connectivity index is 2.09. The third kappa shape index (κ3) is 5.09. The molecule has 8 heteroatoms. The van der Waals surface area contributed by atoms with Crippen molar-refractivity contribution in [1.82, 2.24) is 4.90 Å². The van der Waals surface area contributed by atoms with Crippen molar-refractivity contribution >= 4 is 40.7 Å². The molecule has 170 valence electrons. The monoisotopic (exact) mass is 477 g/mol. The summed E-state index contributed by atoms with van der Waals surface area (Å²) < 4.78 is 10.8. The number of nitrogens with zero attached hydrogens (tertiary/aromatic N) is 1. The number of amides is 1. The molecule has 0 radical (unpaired) electrons. The van der Waals surface area contributed by atoms with Gasteiger partial charge in [-0.2, -0.15) is 0 Å². The van der Waals surface area contributed by atoms with Gasteiger partial charge in [-0.15, -0.1) is 0 Å². The van der Waals surface area contributed by atoms with E-state index < -0.39 is 17.7 Å². The molecule has 3 rings (SSSR count). The molecule has 2 aromatic rings. The molecule has 0 aliphatic carbocycles. The van der Waals surface area contributed by atoms with Crippen molar-refractivity contribution in [3.05, 3.63) is 69.2 Å². The number of benzene rings is 2. The number of rotatable bonds is 8. The van der Waals surface area contributed by atoms with Crippen LogP contribution >= 0.6 is 23.2 Å². The number of aliphatic hydroxyl groups is 1.